The summed E-state index contributed by atoms with van der Waals surface area (Å²) >= 11 is 0. The first kappa shape index (κ1) is 17.8. The molecule has 0 atom stereocenters. The van der Waals surface area contributed by atoms with E-state index in [1.165, 1.54) is 32.9 Å². The number of quaternary nitrogens is 1. The van der Waals surface area contributed by atoms with Crippen LogP contribution >= 0.6 is 0 Å². The highest BCUT2D eigenvalue weighted by Gasteiger charge is 2.42. The third-order valence-electron chi connectivity index (χ3n) is 5.96. The Hall–Kier alpha value is -2.64. The van der Waals surface area contributed by atoms with Crippen molar-refractivity contribution < 1.29 is 0 Å². The van der Waals surface area contributed by atoms with Crippen molar-refractivity contribution >= 4 is 32.9 Å². The zero-order chi connectivity index (χ0) is 19.0. The molecule has 1 nitrogen and oxygen atoms in total. The first-order chi connectivity index (χ1) is 13.1. The van der Waals surface area contributed by atoms with Crippen molar-refractivity contribution in [1.29, 1.82) is 0 Å². The molecule has 0 aliphatic rings. The molecule has 0 aliphatic heterocycles. The molecule has 0 aliphatic carbocycles. The SMILES string of the molecule is CC(C)[N+](c1cccc2ccccc12)(c1cccc2ccccc12)C(C)C. The van der Waals surface area contributed by atoms with Crippen LogP contribution in [0, 0.1) is 0 Å². The average molecular weight is 355 g/mol. The van der Waals surface area contributed by atoms with Crippen LogP contribution in [0.2, 0.25) is 0 Å². The lowest BCUT2D eigenvalue weighted by atomic mass is 9.97. The van der Waals surface area contributed by atoms with Gasteiger partial charge in [-0.3, -0.25) is 4.48 Å². The minimum atomic E-state index is 0.404. The highest BCUT2D eigenvalue weighted by Crippen LogP contribution is 2.46. The van der Waals surface area contributed by atoms with Crippen LogP contribution in [0.3, 0.4) is 0 Å². The molecule has 4 aromatic rings. The third-order valence-corrected chi connectivity index (χ3v) is 5.96. The lowest BCUT2D eigenvalue weighted by Gasteiger charge is -2.46. The molecule has 4 rings (SSSR count). The van der Waals surface area contributed by atoms with Gasteiger partial charge in [0.15, 0.2) is 0 Å². The Balaban J connectivity index is 2.16. The van der Waals surface area contributed by atoms with E-state index in [9.17, 15) is 0 Å². The zero-order valence-corrected chi connectivity index (χ0v) is 16.7. The van der Waals surface area contributed by atoms with Crippen molar-refractivity contribution in [3.05, 3.63) is 84.9 Å². The molecular weight excluding hydrogens is 326 g/mol. The number of hydrogen-bond donors (Lipinski definition) is 0. The molecule has 0 N–H and O–H groups in total. The predicted molar refractivity (Wildman–Crippen MR) is 120 cm³/mol. The van der Waals surface area contributed by atoms with Gasteiger partial charge >= 0.3 is 0 Å². The van der Waals surface area contributed by atoms with Gasteiger partial charge in [-0.2, -0.15) is 0 Å². The number of rotatable bonds is 4. The van der Waals surface area contributed by atoms with E-state index in [-0.39, 0.29) is 0 Å². The van der Waals surface area contributed by atoms with E-state index in [1.807, 2.05) is 0 Å². The van der Waals surface area contributed by atoms with E-state index < -0.39 is 0 Å². The van der Waals surface area contributed by atoms with E-state index in [2.05, 4.69) is 113 Å². The highest BCUT2D eigenvalue weighted by molar-refractivity contribution is 6.00. The van der Waals surface area contributed by atoms with E-state index in [1.54, 1.807) is 0 Å². The number of fused-ring (bicyclic) bond motifs is 2. The molecule has 27 heavy (non-hydrogen) atoms. The van der Waals surface area contributed by atoms with E-state index in [4.69, 9.17) is 0 Å². The van der Waals surface area contributed by atoms with Gasteiger partial charge in [-0.1, -0.05) is 60.7 Å². The molecule has 0 spiro atoms. The fourth-order valence-corrected chi connectivity index (χ4v) is 4.90. The molecule has 0 aromatic heterocycles. The van der Waals surface area contributed by atoms with Crippen LogP contribution in [0.1, 0.15) is 27.7 Å². The first-order valence-electron chi connectivity index (χ1n) is 9.92. The monoisotopic (exact) mass is 354 g/mol. The van der Waals surface area contributed by atoms with Crippen molar-refractivity contribution in [3.8, 4) is 0 Å². The van der Waals surface area contributed by atoms with Gasteiger partial charge in [-0.15, -0.1) is 0 Å². The summed E-state index contributed by atoms with van der Waals surface area (Å²) in [5.74, 6) is 0. The van der Waals surface area contributed by atoms with Crippen molar-refractivity contribution in [1.82, 2.24) is 4.48 Å². The minimum Gasteiger partial charge on any atom is -0.254 e. The van der Waals surface area contributed by atoms with Crippen LogP contribution in [0.15, 0.2) is 84.9 Å². The van der Waals surface area contributed by atoms with Gasteiger partial charge in [0, 0.05) is 22.9 Å². The maximum absolute atomic E-state index is 2.35. The summed E-state index contributed by atoms with van der Waals surface area (Å²) in [5, 5.41) is 5.30. The molecule has 0 unspecified atom stereocenters. The number of benzene rings is 4. The molecule has 0 fully saturated rings. The Morgan fingerprint density at radius 2 is 0.852 bits per heavy atom. The molecule has 0 radical (unpaired) electrons. The Bertz CT molecular complexity index is 992. The standard InChI is InChI=1S/C26H28N/c1-19(2)27(20(3)4,25-17-9-13-21-11-5-7-15-23(21)25)26-18-10-14-22-12-6-8-16-24(22)26/h5-20H,1-4H3/q+1. The van der Waals surface area contributed by atoms with Crippen LogP contribution in [0.5, 0.6) is 0 Å². The third kappa shape index (κ3) is 2.65. The second-order valence-electron chi connectivity index (χ2n) is 7.96. The summed E-state index contributed by atoms with van der Waals surface area (Å²) in [4.78, 5) is 0. The minimum absolute atomic E-state index is 0.404. The zero-order valence-electron chi connectivity index (χ0n) is 16.7. The van der Waals surface area contributed by atoms with Crippen molar-refractivity contribution in [2.75, 3.05) is 0 Å². The molecule has 4 aromatic carbocycles. The fraction of sp³-hybridized carbons (Fsp3) is 0.231. The normalized spacial score (nSPS) is 12.4. The quantitative estimate of drug-likeness (QED) is 0.334. The molecular formula is C26H28N+. The van der Waals surface area contributed by atoms with Crippen LogP contribution in [-0.2, 0) is 0 Å². The van der Waals surface area contributed by atoms with Crippen molar-refractivity contribution in [2.45, 2.75) is 39.8 Å². The molecule has 0 bridgehead atoms. The molecule has 0 saturated carbocycles. The number of nitrogens with zero attached hydrogens (tertiary/aromatic N) is 1. The topological polar surface area (TPSA) is 0 Å². The summed E-state index contributed by atoms with van der Waals surface area (Å²) in [6.07, 6.45) is 0. The largest absolute Gasteiger partial charge is 0.254 e. The average Bonchev–Trinajstić information content (AvgIpc) is 2.68. The van der Waals surface area contributed by atoms with Gasteiger partial charge in [-0.25, -0.2) is 0 Å². The molecule has 1 heteroatoms. The van der Waals surface area contributed by atoms with Gasteiger partial charge < -0.3 is 0 Å². The maximum Gasteiger partial charge on any atom is 0.146 e. The van der Waals surface area contributed by atoms with Crippen LogP contribution in [0.25, 0.3) is 21.5 Å². The van der Waals surface area contributed by atoms with E-state index in [0.717, 1.165) is 4.48 Å². The van der Waals surface area contributed by atoms with Gasteiger partial charge in [0.05, 0.1) is 12.1 Å². The van der Waals surface area contributed by atoms with Crippen LogP contribution < -0.4 is 4.48 Å². The van der Waals surface area contributed by atoms with E-state index in [0.29, 0.717) is 12.1 Å². The Morgan fingerprint density at radius 3 is 1.26 bits per heavy atom. The Kier molecular flexibility index (Phi) is 4.49. The summed E-state index contributed by atoms with van der Waals surface area (Å²) in [7, 11) is 0. The second kappa shape index (κ2) is 6.83. The first-order valence-corrected chi connectivity index (χ1v) is 9.92. The van der Waals surface area contributed by atoms with E-state index >= 15 is 0 Å². The van der Waals surface area contributed by atoms with Crippen molar-refractivity contribution in [2.24, 2.45) is 0 Å². The lowest BCUT2D eigenvalue weighted by Crippen LogP contribution is -2.55. The molecule has 136 valence electrons. The summed E-state index contributed by atoms with van der Waals surface area (Å²) < 4.78 is 0.836. The van der Waals surface area contributed by atoms with Gasteiger partial charge in [-0.05, 0) is 50.6 Å². The Morgan fingerprint density at radius 1 is 0.481 bits per heavy atom. The van der Waals surface area contributed by atoms with Gasteiger partial charge in [0.2, 0.25) is 0 Å². The molecule has 0 amide bonds. The van der Waals surface area contributed by atoms with Crippen LogP contribution in [0.4, 0.5) is 11.4 Å². The molecule has 0 heterocycles. The van der Waals surface area contributed by atoms with Gasteiger partial charge in [0.1, 0.15) is 11.4 Å². The fourth-order valence-electron chi connectivity index (χ4n) is 4.90. The summed E-state index contributed by atoms with van der Waals surface area (Å²) in [6.45, 7) is 9.40. The predicted octanol–water partition coefficient (Wildman–Crippen LogP) is 7.45. The Labute approximate surface area is 162 Å². The van der Waals surface area contributed by atoms with Gasteiger partial charge in [0.25, 0.3) is 0 Å². The molecule has 0 saturated heterocycles. The van der Waals surface area contributed by atoms with Crippen LogP contribution in [-0.4, -0.2) is 12.1 Å². The van der Waals surface area contributed by atoms with Crippen molar-refractivity contribution in [3.63, 3.8) is 0 Å². The summed E-state index contributed by atoms with van der Waals surface area (Å²) in [5.41, 5.74) is 2.77. The lowest BCUT2D eigenvalue weighted by molar-refractivity contribution is 0.269. The number of hydrogen-bond acceptors (Lipinski definition) is 0. The smallest absolute Gasteiger partial charge is 0.146 e. The second-order valence-corrected chi connectivity index (χ2v) is 7.96. The highest BCUT2D eigenvalue weighted by atomic mass is 15.4. The summed E-state index contributed by atoms with van der Waals surface area (Å²) in [6, 6.07) is 31.9. The maximum atomic E-state index is 2.35.